The Morgan fingerprint density at radius 3 is 2.45 bits per heavy atom. The van der Waals surface area contributed by atoms with Gasteiger partial charge in [-0.2, -0.15) is 0 Å². The van der Waals surface area contributed by atoms with Crippen LogP contribution in [-0.4, -0.2) is 42.8 Å². The van der Waals surface area contributed by atoms with E-state index < -0.39 is 0 Å². The Labute approximate surface area is 224 Å². The number of methoxy groups -OCH3 is 2. The first-order chi connectivity index (χ1) is 18.5. The van der Waals surface area contributed by atoms with E-state index in [-0.39, 0.29) is 5.91 Å². The van der Waals surface area contributed by atoms with Crippen LogP contribution in [0.3, 0.4) is 0 Å². The first-order valence-electron chi connectivity index (χ1n) is 13.2. The van der Waals surface area contributed by atoms with Gasteiger partial charge in [-0.25, -0.2) is 4.98 Å². The second-order valence-electron chi connectivity index (χ2n) is 9.52. The van der Waals surface area contributed by atoms with E-state index in [0.29, 0.717) is 36.1 Å². The SMILES string of the molecule is COc1ccc(C(=O)NCCCc2nc3ccccc3n2CCCOc2ccc(C(C)C)cc2)cc1OC. The fourth-order valence-electron chi connectivity index (χ4n) is 4.46. The number of hydrogen-bond acceptors (Lipinski definition) is 5. The Balaban J connectivity index is 1.31. The van der Waals surface area contributed by atoms with E-state index in [1.165, 1.54) is 5.56 Å². The minimum Gasteiger partial charge on any atom is -0.494 e. The monoisotopic (exact) mass is 515 g/mol. The second kappa shape index (κ2) is 13.0. The van der Waals surface area contributed by atoms with Crippen LogP contribution < -0.4 is 19.5 Å². The van der Waals surface area contributed by atoms with E-state index in [9.17, 15) is 4.79 Å². The van der Waals surface area contributed by atoms with Gasteiger partial charge < -0.3 is 24.1 Å². The van der Waals surface area contributed by atoms with Crippen molar-refractivity contribution in [3.8, 4) is 17.2 Å². The molecule has 0 atom stereocenters. The number of carbonyl (C=O) groups excluding carboxylic acids is 1. The van der Waals surface area contributed by atoms with Crippen LogP contribution in [0.25, 0.3) is 11.0 Å². The smallest absolute Gasteiger partial charge is 0.251 e. The zero-order valence-electron chi connectivity index (χ0n) is 22.7. The lowest BCUT2D eigenvalue weighted by Crippen LogP contribution is -2.25. The summed E-state index contributed by atoms with van der Waals surface area (Å²) in [4.78, 5) is 17.5. The Morgan fingerprint density at radius 2 is 1.71 bits per heavy atom. The summed E-state index contributed by atoms with van der Waals surface area (Å²) in [5, 5.41) is 3.00. The number of rotatable bonds is 13. The first kappa shape index (κ1) is 27.0. The van der Waals surface area contributed by atoms with Crippen molar-refractivity contribution >= 4 is 16.9 Å². The molecule has 0 aliphatic carbocycles. The molecule has 7 heteroatoms. The van der Waals surface area contributed by atoms with Crippen molar-refractivity contribution in [1.82, 2.24) is 14.9 Å². The van der Waals surface area contributed by atoms with Crippen LogP contribution in [0.5, 0.6) is 17.2 Å². The summed E-state index contributed by atoms with van der Waals surface area (Å²) < 4.78 is 18.8. The maximum absolute atomic E-state index is 12.6. The molecule has 1 aromatic heterocycles. The normalized spacial score (nSPS) is 11.1. The third-order valence-corrected chi connectivity index (χ3v) is 6.58. The van der Waals surface area contributed by atoms with Gasteiger partial charge in [0, 0.05) is 25.1 Å². The van der Waals surface area contributed by atoms with Gasteiger partial charge >= 0.3 is 0 Å². The highest BCUT2D eigenvalue weighted by atomic mass is 16.5. The fourth-order valence-corrected chi connectivity index (χ4v) is 4.46. The number of hydrogen-bond donors (Lipinski definition) is 1. The van der Waals surface area contributed by atoms with Gasteiger partial charge in [-0.05, 0) is 66.8 Å². The molecule has 4 rings (SSSR count). The number of fused-ring (bicyclic) bond motifs is 1. The van der Waals surface area contributed by atoms with E-state index in [1.807, 2.05) is 30.3 Å². The number of amides is 1. The van der Waals surface area contributed by atoms with E-state index in [1.54, 1.807) is 32.4 Å². The van der Waals surface area contributed by atoms with Crippen LogP contribution in [0, 0.1) is 0 Å². The van der Waals surface area contributed by atoms with Crippen molar-refractivity contribution in [1.29, 1.82) is 0 Å². The van der Waals surface area contributed by atoms with Gasteiger partial charge in [0.05, 0.1) is 31.9 Å². The summed E-state index contributed by atoms with van der Waals surface area (Å²) in [6, 6.07) is 21.7. The molecule has 1 N–H and O–H groups in total. The van der Waals surface area contributed by atoms with Crippen molar-refractivity contribution in [3.05, 3.63) is 83.7 Å². The standard InChI is InChI=1S/C31H37N3O4/c1-22(2)23-12-15-25(16-13-23)38-20-8-19-34-27-10-6-5-9-26(27)33-30(34)11-7-18-32-31(35)24-14-17-28(36-3)29(21-24)37-4/h5-6,9-10,12-17,21-22H,7-8,11,18-20H2,1-4H3,(H,32,35). The van der Waals surface area contributed by atoms with Crippen LogP contribution in [0.2, 0.25) is 0 Å². The lowest BCUT2D eigenvalue weighted by Gasteiger charge is -2.12. The number of imidazole rings is 1. The molecule has 0 radical (unpaired) electrons. The summed E-state index contributed by atoms with van der Waals surface area (Å²) in [5.74, 6) is 3.42. The summed E-state index contributed by atoms with van der Waals surface area (Å²) in [7, 11) is 3.13. The lowest BCUT2D eigenvalue weighted by molar-refractivity contribution is 0.0952. The maximum atomic E-state index is 12.6. The summed E-state index contributed by atoms with van der Waals surface area (Å²) >= 11 is 0. The number of carbonyl (C=O) groups is 1. The Kier molecular flexibility index (Phi) is 9.25. The molecular weight excluding hydrogens is 478 g/mol. The molecule has 0 saturated heterocycles. The quantitative estimate of drug-likeness (QED) is 0.221. The second-order valence-corrected chi connectivity index (χ2v) is 9.52. The Hall–Kier alpha value is -4.00. The van der Waals surface area contributed by atoms with E-state index in [4.69, 9.17) is 19.2 Å². The third kappa shape index (κ3) is 6.65. The molecule has 4 aromatic rings. The summed E-state index contributed by atoms with van der Waals surface area (Å²) in [6.07, 6.45) is 2.41. The molecular formula is C31H37N3O4. The molecule has 1 amide bonds. The molecule has 1 heterocycles. The van der Waals surface area contributed by atoms with Crippen LogP contribution in [0.15, 0.2) is 66.7 Å². The van der Waals surface area contributed by atoms with Gasteiger partial charge in [0.25, 0.3) is 5.91 Å². The number of aryl methyl sites for hydroxylation is 2. The average molecular weight is 516 g/mol. The molecule has 3 aromatic carbocycles. The zero-order chi connectivity index (χ0) is 26.9. The van der Waals surface area contributed by atoms with Crippen molar-refractivity contribution in [2.75, 3.05) is 27.4 Å². The van der Waals surface area contributed by atoms with Crippen LogP contribution in [0.1, 0.15) is 54.4 Å². The van der Waals surface area contributed by atoms with E-state index in [2.05, 4.69) is 41.9 Å². The molecule has 0 fully saturated rings. The molecule has 0 saturated carbocycles. The van der Waals surface area contributed by atoms with Crippen LogP contribution in [0.4, 0.5) is 0 Å². The number of ether oxygens (including phenoxy) is 3. The average Bonchev–Trinajstić information content (AvgIpc) is 3.30. The highest BCUT2D eigenvalue weighted by molar-refractivity contribution is 5.94. The molecule has 7 nitrogen and oxygen atoms in total. The van der Waals surface area contributed by atoms with Gasteiger partial charge in [-0.1, -0.05) is 38.1 Å². The largest absolute Gasteiger partial charge is 0.494 e. The zero-order valence-corrected chi connectivity index (χ0v) is 22.7. The van der Waals surface area contributed by atoms with Crippen molar-refractivity contribution in [2.45, 2.75) is 45.6 Å². The van der Waals surface area contributed by atoms with Gasteiger partial charge in [0.2, 0.25) is 0 Å². The Morgan fingerprint density at radius 1 is 0.947 bits per heavy atom. The predicted molar refractivity (Wildman–Crippen MR) is 151 cm³/mol. The number of benzene rings is 3. The number of aromatic nitrogens is 2. The molecule has 38 heavy (non-hydrogen) atoms. The van der Waals surface area contributed by atoms with Crippen LogP contribution >= 0.6 is 0 Å². The molecule has 0 bridgehead atoms. The molecule has 0 aliphatic rings. The van der Waals surface area contributed by atoms with Gasteiger partial charge in [0.15, 0.2) is 11.5 Å². The maximum Gasteiger partial charge on any atom is 0.251 e. The molecule has 0 aliphatic heterocycles. The fraction of sp³-hybridized carbons (Fsp3) is 0.355. The van der Waals surface area contributed by atoms with Gasteiger partial charge in [-0.3, -0.25) is 4.79 Å². The Bertz CT molecular complexity index is 1350. The summed E-state index contributed by atoms with van der Waals surface area (Å²) in [5.41, 5.74) is 3.96. The van der Waals surface area contributed by atoms with Crippen molar-refractivity contribution in [3.63, 3.8) is 0 Å². The van der Waals surface area contributed by atoms with E-state index >= 15 is 0 Å². The first-order valence-corrected chi connectivity index (χ1v) is 13.2. The minimum atomic E-state index is -0.141. The van der Waals surface area contributed by atoms with Crippen LogP contribution in [-0.2, 0) is 13.0 Å². The number of nitrogens with one attached hydrogen (secondary N) is 1. The highest BCUT2D eigenvalue weighted by Gasteiger charge is 2.13. The lowest BCUT2D eigenvalue weighted by atomic mass is 10.0. The van der Waals surface area contributed by atoms with Gasteiger partial charge in [-0.15, -0.1) is 0 Å². The van der Waals surface area contributed by atoms with Crippen molar-refractivity contribution < 1.29 is 19.0 Å². The third-order valence-electron chi connectivity index (χ3n) is 6.58. The number of nitrogens with zero attached hydrogens (tertiary/aromatic N) is 2. The summed E-state index contributed by atoms with van der Waals surface area (Å²) in [6.45, 7) is 6.38. The molecule has 200 valence electrons. The topological polar surface area (TPSA) is 74.6 Å². The van der Waals surface area contributed by atoms with E-state index in [0.717, 1.165) is 48.4 Å². The van der Waals surface area contributed by atoms with Crippen molar-refractivity contribution in [2.24, 2.45) is 0 Å². The molecule has 0 unspecified atom stereocenters. The predicted octanol–water partition coefficient (Wildman–Crippen LogP) is 6.01. The number of para-hydroxylation sites is 2. The van der Waals surface area contributed by atoms with Gasteiger partial charge in [0.1, 0.15) is 11.6 Å². The minimum absolute atomic E-state index is 0.141. The highest BCUT2D eigenvalue weighted by Crippen LogP contribution is 2.27. The molecule has 0 spiro atoms.